The Hall–Kier alpha value is -0.816. The number of rotatable bonds is 6. The second-order valence-electron chi connectivity index (χ2n) is 10.3. The number of benzene rings is 1. The van der Waals surface area contributed by atoms with Crippen molar-refractivity contribution < 1.29 is 27.2 Å². The predicted molar refractivity (Wildman–Crippen MR) is 138 cm³/mol. The number of ether oxygens (including phenoxy) is 3. The third kappa shape index (κ3) is 5.55. The summed E-state index contributed by atoms with van der Waals surface area (Å²) >= 11 is 5.39. The molecule has 0 spiro atoms. The molecular weight excluding hydrogens is 472 g/mol. The third-order valence-electron chi connectivity index (χ3n) is 6.73. The monoisotopic (exact) mass is 512 g/mol. The maximum absolute atomic E-state index is 7.23. The number of hydrogen-bond acceptors (Lipinski definition) is 7. The fourth-order valence-corrected chi connectivity index (χ4v) is 16.4. The molecule has 2 fully saturated rings. The quantitative estimate of drug-likeness (QED) is 0.338. The lowest BCUT2D eigenvalue weighted by atomic mass is 10.1. The molecule has 0 bridgehead atoms. The molecule has 186 valence electrons. The molecule has 0 unspecified atom stereocenters. The summed E-state index contributed by atoms with van der Waals surface area (Å²) in [5.74, 6) is 0.640. The van der Waals surface area contributed by atoms with Crippen LogP contribution >= 0.6 is 12.2 Å². The highest BCUT2D eigenvalue weighted by atomic mass is 32.1. The second kappa shape index (κ2) is 10.8. The van der Waals surface area contributed by atoms with E-state index in [4.69, 9.17) is 39.4 Å². The molecule has 9 heteroatoms. The number of thiocarbonyl (C=S) groups is 1. The maximum Gasteiger partial charge on any atom is 0.358 e. The zero-order chi connectivity index (χ0) is 24.4. The van der Waals surface area contributed by atoms with Crippen LogP contribution in [-0.4, -0.2) is 53.9 Å². The summed E-state index contributed by atoms with van der Waals surface area (Å²) in [6, 6.07) is 9.40. The van der Waals surface area contributed by atoms with Gasteiger partial charge >= 0.3 is 22.4 Å². The third-order valence-corrected chi connectivity index (χ3v) is 17.2. The van der Waals surface area contributed by atoms with Crippen LogP contribution in [0.15, 0.2) is 30.3 Å². The van der Waals surface area contributed by atoms with E-state index in [0.717, 1.165) is 0 Å². The van der Waals surface area contributed by atoms with E-state index in [1.165, 1.54) is 0 Å². The minimum absolute atomic E-state index is 0.0670. The molecule has 2 heterocycles. The lowest BCUT2D eigenvalue weighted by Crippen LogP contribution is -2.66. The van der Waals surface area contributed by atoms with Crippen molar-refractivity contribution in [1.29, 1.82) is 0 Å². The van der Waals surface area contributed by atoms with Crippen molar-refractivity contribution in [2.75, 3.05) is 13.2 Å². The van der Waals surface area contributed by atoms with Crippen LogP contribution in [0.2, 0.25) is 22.2 Å². The summed E-state index contributed by atoms with van der Waals surface area (Å²) in [5, 5.41) is 0.0670. The molecule has 3 rings (SSSR count). The van der Waals surface area contributed by atoms with E-state index in [2.05, 4.69) is 55.4 Å². The van der Waals surface area contributed by atoms with Gasteiger partial charge in [-0.05, 0) is 34.3 Å². The summed E-state index contributed by atoms with van der Waals surface area (Å²) in [5.41, 5.74) is 1.06. The smallest absolute Gasteiger partial charge is 0.358 e. The van der Waals surface area contributed by atoms with Crippen molar-refractivity contribution >= 4 is 34.6 Å². The first-order valence-electron chi connectivity index (χ1n) is 12.1. The Morgan fingerprint density at radius 2 is 1.45 bits per heavy atom. The molecule has 1 aromatic rings. The SMILES string of the molecule is CC(C)[Si]1(C(C)C)OC[C@H]2OC[C@H](OC(=S)Oc3ccccc3)[C@@H]2O[Si](C(C)C)(C(C)C)O1. The van der Waals surface area contributed by atoms with Gasteiger partial charge in [-0.2, -0.15) is 0 Å². The van der Waals surface area contributed by atoms with Gasteiger partial charge in [-0.3, -0.25) is 0 Å². The topological polar surface area (TPSA) is 55.4 Å². The normalized spacial score (nSPS) is 26.8. The fourth-order valence-electron chi connectivity index (χ4n) is 4.91. The molecule has 0 radical (unpaired) electrons. The average Bonchev–Trinajstić information content (AvgIpc) is 3.08. The van der Waals surface area contributed by atoms with Crippen molar-refractivity contribution in [3.63, 3.8) is 0 Å². The van der Waals surface area contributed by atoms with Crippen molar-refractivity contribution in [3.05, 3.63) is 30.3 Å². The molecule has 0 amide bonds. The zero-order valence-corrected chi connectivity index (χ0v) is 24.0. The van der Waals surface area contributed by atoms with Crippen LogP contribution < -0.4 is 4.74 Å². The Morgan fingerprint density at radius 1 is 0.879 bits per heavy atom. The zero-order valence-electron chi connectivity index (χ0n) is 21.2. The summed E-state index contributed by atoms with van der Waals surface area (Å²) in [4.78, 5) is 0. The number of fused-ring (bicyclic) bond motifs is 1. The summed E-state index contributed by atoms with van der Waals surface area (Å²) in [6.45, 7) is 18.5. The molecule has 2 aliphatic rings. The van der Waals surface area contributed by atoms with Gasteiger partial charge in [0.15, 0.2) is 6.10 Å². The second-order valence-corrected chi connectivity index (χ2v) is 19.4. The highest BCUT2D eigenvalue weighted by molar-refractivity contribution is 7.79. The first-order chi connectivity index (χ1) is 15.5. The van der Waals surface area contributed by atoms with Gasteiger partial charge in [-0.1, -0.05) is 73.6 Å². The van der Waals surface area contributed by atoms with E-state index in [1.54, 1.807) is 0 Å². The number of hydrogen-bond donors (Lipinski definition) is 0. The van der Waals surface area contributed by atoms with Crippen LogP contribution in [0.5, 0.6) is 5.75 Å². The van der Waals surface area contributed by atoms with Crippen LogP contribution in [0.1, 0.15) is 55.4 Å². The Labute approximate surface area is 206 Å². The van der Waals surface area contributed by atoms with Gasteiger partial charge in [0, 0.05) is 12.2 Å². The standard InChI is InChI=1S/C24H40O6SSi2/c1-16(2)32(17(3)4)26-15-21-23(29-33(30-32,18(5)6)19(7)8)22(14-25-21)28-24(31)27-20-12-10-9-11-13-20/h9-13,16-19,21-23H,14-15H2,1-8H3/t21-,22+,23-/m1/s1. The van der Waals surface area contributed by atoms with E-state index in [-0.39, 0.29) is 34.6 Å². The predicted octanol–water partition coefficient (Wildman–Crippen LogP) is 6.09. The average molecular weight is 513 g/mol. The minimum Gasteiger partial charge on any atom is -0.448 e. The Bertz CT molecular complexity index is 772. The lowest BCUT2D eigenvalue weighted by Gasteiger charge is -2.51. The summed E-state index contributed by atoms with van der Waals surface area (Å²) in [7, 11) is -5.32. The van der Waals surface area contributed by atoms with Crippen LogP contribution in [0, 0.1) is 0 Å². The summed E-state index contributed by atoms with van der Waals surface area (Å²) < 4.78 is 38.9. The van der Waals surface area contributed by atoms with Crippen molar-refractivity contribution in [1.82, 2.24) is 0 Å². The molecule has 1 aromatic carbocycles. The Balaban J connectivity index is 1.88. The molecular formula is C24H40O6SSi2. The molecule has 0 aliphatic carbocycles. The Kier molecular flexibility index (Phi) is 8.80. The first-order valence-corrected chi connectivity index (χ1v) is 16.4. The highest BCUT2D eigenvalue weighted by Gasteiger charge is 2.60. The van der Waals surface area contributed by atoms with Gasteiger partial charge in [0.05, 0.1) is 13.2 Å². The lowest BCUT2D eigenvalue weighted by molar-refractivity contribution is -0.0299. The molecule has 0 saturated carbocycles. The molecule has 3 atom stereocenters. The van der Waals surface area contributed by atoms with Gasteiger partial charge in [0.2, 0.25) is 0 Å². The van der Waals surface area contributed by atoms with E-state index >= 15 is 0 Å². The van der Waals surface area contributed by atoms with E-state index in [9.17, 15) is 0 Å². The Morgan fingerprint density at radius 3 is 2.00 bits per heavy atom. The number of para-hydroxylation sites is 1. The minimum atomic E-state index is -2.74. The van der Waals surface area contributed by atoms with Crippen LogP contribution in [-0.2, 0) is 22.4 Å². The summed E-state index contributed by atoms with van der Waals surface area (Å²) in [6.07, 6.45) is -0.938. The van der Waals surface area contributed by atoms with Crippen LogP contribution in [0.4, 0.5) is 0 Å². The molecule has 0 N–H and O–H groups in total. The molecule has 2 aliphatic heterocycles. The molecule has 0 aromatic heterocycles. The molecule has 33 heavy (non-hydrogen) atoms. The van der Waals surface area contributed by atoms with Gasteiger partial charge in [-0.15, -0.1) is 0 Å². The van der Waals surface area contributed by atoms with Gasteiger partial charge in [0.25, 0.3) is 0 Å². The van der Waals surface area contributed by atoms with E-state index in [1.807, 2.05) is 30.3 Å². The van der Waals surface area contributed by atoms with Crippen molar-refractivity contribution in [3.8, 4) is 5.75 Å². The van der Waals surface area contributed by atoms with E-state index in [0.29, 0.717) is 30.0 Å². The molecule has 2 saturated heterocycles. The van der Waals surface area contributed by atoms with E-state index < -0.39 is 17.1 Å². The largest absolute Gasteiger partial charge is 0.448 e. The van der Waals surface area contributed by atoms with Crippen molar-refractivity contribution in [2.24, 2.45) is 0 Å². The van der Waals surface area contributed by atoms with Crippen LogP contribution in [0.25, 0.3) is 0 Å². The maximum atomic E-state index is 7.23. The van der Waals surface area contributed by atoms with Gasteiger partial charge in [-0.25, -0.2) is 0 Å². The first kappa shape index (κ1) is 26.8. The fraction of sp³-hybridized carbons (Fsp3) is 0.708. The van der Waals surface area contributed by atoms with Crippen molar-refractivity contribution in [2.45, 2.75) is 95.9 Å². The highest BCUT2D eigenvalue weighted by Crippen LogP contribution is 2.47. The van der Waals surface area contributed by atoms with Gasteiger partial charge < -0.3 is 27.2 Å². The van der Waals surface area contributed by atoms with Gasteiger partial charge in [0.1, 0.15) is 18.0 Å². The molecule has 6 nitrogen and oxygen atoms in total. The van der Waals surface area contributed by atoms with Crippen LogP contribution in [0.3, 0.4) is 0 Å².